The number of ether oxygens (including phenoxy) is 1. The fraction of sp³-hybridized carbons (Fsp3) is 0.250. The monoisotopic (exact) mass is 202 g/mol. The molecule has 0 spiro atoms. The van der Waals surface area contributed by atoms with E-state index in [1.54, 1.807) is 7.11 Å². The third-order valence-electron chi connectivity index (χ3n) is 2.41. The van der Waals surface area contributed by atoms with Gasteiger partial charge in [-0.2, -0.15) is 5.10 Å². The molecule has 0 bridgehead atoms. The highest BCUT2D eigenvalue weighted by atomic mass is 16.5. The van der Waals surface area contributed by atoms with Crippen LogP contribution in [0.4, 0.5) is 0 Å². The molecule has 0 unspecified atom stereocenters. The zero-order valence-corrected chi connectivity index (χ0v) is 9.19. The van der Waals surface area contributed by atoms with Crippen molar-refractivity contribution in [3.8, 4) is 16.9 Å². The van der Waals surface area contributed by atoms with Gasteiger partial charge in [-0.25, -0.2) is 0 Å². The van der Waals surface area contributed by atoms with Gasteiger partial charge in [-0.1, -0.05) is 12.1 Å². The van der Waals surface area contributed by atoms with E-state index >= 15 is 0 Å². The third kappa shape index (κ3) is 1.86. The number of methoxy groups -OCH3 is 1. The highest BCUT2D eigenvalue weighted by Crippen LogP contribution is 2.24. The minimum Gasteiger partial charge on any atom is -0.497 e. The molecule has 15 heavy (non-hydrogen) atoms. The van der Waals surface area contributed by atoms with Crippen LogP contribution in [-0.2, 0) is 7.05 Å². The van der Waals surface area contributed by atoms with E-state index in [-0.39, 0.29) is 0 Å². The van der Waals surface area contributed by atoms with Crippen molar-refractivity contribution in [3.63, 3.8) is 0 Å². The Morgan fingerprint density at radius 3 is 2.33 bits per heavy atom. The van der Waals surface area contributed by atoms with Crippen LogP contribution in [0.15, 0.2) is 30.5 Å². The molecular formula is C12H14N2O. The molecule has 0 aliphatic rings. The summed E-state index contributed by atoms with van der Waals surface area (Å²) < 4.78 is 6.95. The van der Waals surface area contributed by atoms with Crippen molar-refractivity contribution >= 4 is 0 Å². The number of benzene rings is 1. The van der Waals surface area contributed by atoms with E-state index in [2.05, 4.69) is 5.10 Å². The van der Waals surface area contributed by atoms with E-state index in [0.717, 1.165) is 11.4 Å². The number of rotatable bonds is 2. The number of hydrogen-bond acceptors (Lipinski definition) is 2. The maximum atomic E-state index is 5.12. The van der Waals surface area contributed by atoms with Crippen LogP contribution in [0.5, 0.6) is 5.75 Å². The van der Waals surface area contributed by atoms with Crippen molar-refractivity contribution in [2.45, 2.75) is 6.92 Å². The molecule has 0 fully saturated rings. The first-order valence-corrected chi connectivity index (χ1v) is 4.85. The minimum absolute atomic E-state index is 0.875. The highest BCUT2D eigenvalue weighted by molar-refractivity contribution is 5.65. The largest absolute Gasteiger partial charge is 0.497 e. The van der Waals surface area contributed by atoms with Crippen molar-refractivity contribution in [1.82, 2.24) is 9.78 Å². The standard InChI is InChI=1S/C12H14N2O/c1-9-12(8-14(2)13-9)10-4-6-11(15-3)7-5-10/h4-8H,1-3H3. The Balaban J connectivity index is 2.41. The zero-order chi connectivity index (χ0) is 10.8. The molecule has 3 heteroatoms. The quantitative estimate of drug-likeness (QED) is 0.747. The van der Waals surface area contributed by atoms with Gasteiger partial charge in [0.05, 0.1) is 12.8 Å². The smallest absolute Gasteiger partial charge is 0.118 e. The Hall–Kier alpha value is -1.77. The summed E-state index contributed by atoms with van der Waals surface area (Å²) in [7, 11) is 3.60. The van der Waals surface area contributed by atoms with Crippen LogP contribution in [0.3, 0.4) is 0 Å². The molecule has 1 aromatic heterocycles. The van der Waals surface area contributed by atoms with Crippen LogP contribution >= 0.6 is 0 Å². The first-order valence-electron chi connectivity index (χ1n) is 4.85. The molecule has 2 rings (SSSR count). The van der Waals surface area contributed by atoms with Gasteiger partial charge in [0.1, 0.15) is 5.75 Å². The first kappa shape index (κ1) is 9.77. The van der Waals surface area contributed by atoms with Crippen LogP contribution in [0.2, 0.25) is 0 Å². The van der Waals surface area contributed by atoms with Crippen molar-refractivity contribution in [2.24, 2.45) is 7.05 Å². The summed E-state index contributed by atoms with van der Waals surface area (Å²) in [6, 6.07) is 8.01. The molecule has 0 amide bonds. The van der Waals surface area contributed by atoms with E-state index in [0.29, 0.717) is 0 Å². The maximum absolute atomic E-state index is 5.12. The summed E-state index contributed by atoms with van der Waals surface area (Å²) >= 11 is 0. The van der Waals surface area contributed by atoms with Gasteiger partial charge in [0.25, 0.3) is 0 Å². The van der Waals surface area contributed by atoms with Crippen LogP contribution in [0.1, 0.15) is 5.69 Å². The van der Waals surface area contributed by atoms with Crippen molar-refractivity contribution < 1.29 is 4.74 Å². The van der Waals surface area contributed by atoms with Gasteiger partial charge in [-0.05, 0) is 24.6 Å². The minimum atomic E-state index is 0.875. The van der Waals surface area contributed by atoms with E-state index in [4.69, 9.17) is 4.74 Å². The molecule has 0 saturated carbocycles. The third-order valence-corrected chi connectivity index (χ3v) is 2.41. The van der Waals surface area contributed by atoms with Crippen LogP contribution in [-0.4, -0.2) is 16.9 Å². The number of aromatic nitrogens is 2. The summed E-state index contributed by atoms with van der Waals surface area (Å²) in [5, 5.41) is 4.32. The lowest BCUT2D eigenvalue weighted by Gasteiger charge is -2.01. The lowest BCUT2D eigenvalue weighted by Crippen LogP contribution is -1.86. The fourth-order valence-electron chi connectivity index (χ4n) is 1.65. The average molecular weight is 202 g/mol. The number of nitrogens with zero attached hydrogens (tertiary/aromatic N) is 2. The fourth-order valence-corrected chi connectivity index (χ4v) is 1.65. The zero-order valence-electron chi connectivity index (χ0n) is 9.19. The van der Waals surface area contributed by atoms with Crippen LogP contribution in [0.25, 0.3) is 11.1 Å². The second-order valence-corrected chi connectivity index (χ2v) is 3.53. The van der Waals surface area contributed by atoms with Crippen LogP contribution < -0.4 is 4.74 Å². The van der Waals surface area contributed by atoms with Crippen molar-refractivity contribution in [1.29, 1.82) is 0 Å². The molecule has 0 aliphatic carbocycles. The molecule has 0 aliphatic heterocycles. The Morgan fingerprint density at radius 2 is 1.87 bits per heavy atom. The van der Waals surface area contributed by atoms with Gasteiger partial charge >= 0.3 is 0 Å². The van der Waals surface area contributed by atoms with Crippen LogP contribution in [0, 0.1) is 6.92 Å². The lowest BCUT2D eigenvalue weighted by atomic mass is 10.1. The average Bonchev–Trinajstić information content (AvgIpc) is 2.58. The van der Waals surface area contributed by atoms with Gasteiger partial charge in [0.2, 0.25) is 0 Å². The summed E-state index contributed by atoms with van der Waals surface area (Å²) in [6.07, 6.45) is 2.02. The Morgan fingerprint density at radius 1 is 1.20 bits per heavy atom. The van der Waals surface area contributed by atoms with E-state index in [1.807, 2.05) is 49.1 Å². The second-order valence-electron chi connectivity index (χ2n) is 3.53. The highest BCUT2D eigenvalue weighted by Gasteiger charge is 2.05. The van der Waals surface area contributed by atoms with E-state index in [9.17, 15) is 0 Å². The van der Waals surface area contributed by atoms with Gasteiger partial charge < -0.3 is 4.74 Å². The normalized spacial score (nSPS) is 10.3. The van der Waals surface area contributed by atoms with Crippen molar-refractivity contribution in [3.05, 3.63) is 36.2 Å². The topological polar surface area (TPSA) is 27.1 Å². The SMILES string of the molecule is COc1ccc(-c2cn(C)nc2C)cc1. The molecular weight excluding hydrogens is 188 g/mol. The predicted octanol–water partition coefficient (Wildman–Crippen LogP) is 2.40. The van der Waals surface area contributed by atoms with Gasteiger partial charge in [-0.3, -0.25) is 4.68 Å². The number of aryl methyl sites for hydroxylation is 2. The lowest BCUT2D eigenvalue weighted by molar-refractivity contribution is 0.415. The van der Waals surface area contributed by atoms with Gasteiger partial charge in [-0.15, -0.1) is 0 Å². The Bertz CT molecular complexity index is 457. The molecule has 0 radical (unpaired) electrons. The van der Waals surface area contributed by atoms with Gasteiger partial charge in [0.15, 0.2) is 0 Å². The first-order chi connectivity index (χ1) is 7.20. The summed E-state index contributed by atoms with van der Waals surface area (Å²) in [5.41, 5.74) is 3.38. The second kappa shape index (κ2) is 3.77. The molecule has 0 atom stereocenters. The summed E-state index contributed by atoms with van der Waals surface area (Å²) in [5.74, 6) is 0.875. The molecule has 2 aromatic rings. The van der Waals surface area contributed by atoms with E-state index in [1.165, 1.54) is 11.1 Å². The molecule has 1 aromatic carbocycles. The molecule has 0 N–H and O–H groups in total. The summed E-state index contributed by atoms with van der Waals surface area (Å²) in [4.78, 5) is 0. The Labute approximate surface area is 89.3 Å². The number of hydrogen-bond donors (Lipinski definition) is 0. The van der Waals surface area contributed by atoms with Crippen molar-refractivity contribution in [2.75, 3.05) is 7.11 Å². The predicted molar refractivity (Wildman–Crippen MR) is 59.9 cm³/mol. The maximum Gasteiger partial charge on any atom is 0.118 e. The summed E-state index contributed by atoms with van der Waals surface area (Å²) in [6.45, 7) is 2.01. The molecule has 78 valence electrons. The van der Waals surface area contributed by atoms with Gasteiger partial charge in [0, 0.05) is 18.8 Å². The molecule has 1 heterocycles. The molecule has 3 nitrogen and oxygen atoms in total. The van der Waals surface area contributed by atoms with E-state index < -0.39 is 0 Å². The molecule has 0 saturated heterocycles. The Kier molecular flexibility index (Phi) is 2.46.